The maximum absolute atomic E-state index is 13.1. The third-order valence-electron chi connectivity index (χ3n) is 8.78. The predicted molar refractivity (Wildman–Crippen MR) is 189 cm³/mol. The zero-order chi connectivity index (χ0) is 33.5. The summed E-state index contributed by atoms with van der Waals surface area (Å²) in [5, 5.41) is 7.02. The Balaban J connectivity index is 1.23. The average Bonchev–Trinajstić information content (AvgIpc) is 3.11. The molecule has 2 heterocycles. The molecule has 0 bridgehead atoms. The van der Waals surface area contributed by atoms with Gasteiger partial charge in [-0.1, -0.05) is 54.6 Å². The summed E-state index contributed by atoms with van der Waals surface area (Å²) in [6.45, 7) is 4.32. The van der Waals surface area contributed by atoms with Gasteiger partial charge in [-0.3, -0.25) is 9.88 Å². The van der Waals surface area contributed by atoms with Crippen LogP contribution in [-0.2, 0) is 19.4 Å². The molecular formula is C39H42N4O5. The van der Waals surface area contributed by atoms with E-state index in [4.69, 9.17) is 18.9 Å². The highest BCUT2D eigenvalue weighted by Gasteiger charge is 2.30. The van der Waals surface area contributed by atoms with Crippen molar-refractivity contribution in [2.24, 2.45) is 0 Å². The zero-order valence-corrected chi connectivity index (χ0v) is 27.9. The molecule has 0 fully saturated rings. The van der Waals surface area contributed by atoms with E-state index in [9.17, 15) is 4.79 Å². The van der Waals surface area contributed by atoms with E-state index in [1.807, 2.05) is 79.7 Å². The molecule has 248 valence electrons. The first-order valence-corrected chi connectivity index (χ1v) is 16.2. The third kappa shape index (κ3) is 7.47. The number of carbonyl (C=O) groups excluding carboxylic acids is 1. The molecule has 2 N–H and O–H groups in total. The lowest BCUT2D eigenvalue weighted by Gasteiger charge is -2.38. The van der Waals surface area contributed by atoms with Gasteiger partial charge in [-0.2, -0.15) is 0 Å². The number of carbonyl (C=O) groups is 1. The van der Waals surface area contributed by atoms with Crippen molar-refractivity contribution in [3.8, 4) is 23.0 Å². The zero-order valence-electron chi connectivity index (χ0n) is 27.9. The molecule has 1 atom stereocenters. The van der Waals surface area contributed by atoms with E-state index >= 15 is 0 Å². The molecule has 6 rings (SSSR count). The molecule has 2 amide bonds. The largest absolute Gasteiger partial charge is 0.493 e. The van der Waals surface area contributed by atoms with Crippen molar-refractivity contribution in [3.63, 3.8) is 0 Å². The molecule has 4 aromatic carbocycles. The smallest absolute Gasteiger partial charge is 0.319 e. The summed E-state index contributed by atoms with van der Waals surface area (Å²) in [6.07, 6.45) is 1.58. The topological polar surface area (TPSA) is 94.2 Å². The number of nitrogens with zero attached hydrogens (tertiary/aromatic N) is 2. The highest BCUT2D eigenvalue weighted by molar-refractivity contribution is 6.00. The van der Waals surface area contributed by atoms with Gasteiger partial charge in [0.05, 0.1) is 32.5 Å². The molecule has 0 aliphatic carbocycles. The fraction of sp³-hybridized carbons (Fsp3) is 0.282. The minimum Gasteiger partial charge on any atom is -0.493 e. The average molecular weight is 647 g/mol. The lowest BCUT2D eigenvalue weighted by atomic mass is 9.88. The van der Waals surface area contributed by atoms with E-state index < -0.39 is 0 Å². The first-order chi connectivity index (χ1) is 23.4. The van der Waals surface area contributed by atoms with E-state index in [-0.39, 0.29) is 12.1 Å². The Bertz CT molecular complexity index is 1880. The number of anilines is 1. The Kier molecular flexibility index (Phi) is 10.3. The summed E-state index contributed by atoms with van der Waals surface area (Å²) in [5.74, 6) is 2.81. The van der Waals surface area contributed by atoms with Crippen LogP contribution in [0.15, 0.2) is 91.0 Å². The number of methoxy groups -OCH3 is 3. The van der Waals surface area contributed by atoms with E-state index in [0.717, 1.165) is 58.5 Å². The van der Waals surface area contributed by atoms with Crippen molar-refractivity contribution < 1.29 is 23.7 Å². The Morgan fingerprint density at radius 3 is 2.38 bits per heavy atom. The quantitative estimate of drug-likeness (QED) is 0.149. The fourth-order valence-electron chi connectivity index (χ4n) is 6.40. The number of ether oxygens (including phenoxy) is 4. The number of hydrogen-bond acceptors (Lipinski definition) is 7. The van der Waals surface area contributed by atoms with Crippen LogP contribution in [0.2, 0.25) is 0 Å². The van der Waals surface area contributed by atoms with Crippen LogP contribution in [0.4, 0.5) is 10.5 Å². The van der Waals surface area contributed by atoms with E-state index in [1.165, 1.54) is 11.1 Å². The summed E-state index contributed by atoms with van der Waals surface area (Å²) < 4.78 is 23.2. The molecule has 5 aromatic rings. The monoisotopic (exact) mass is 646 g/mol. The van der Waals surface area contributed by atoms with Crippen LogP contribution in [0, 0.1) is 6.92 Å². The molecule has 0 saturated heterocycles. The number of para-hydroxylation sites is 1. The van der Waals surface area contributed by atoms with Gasteiger partial charge in [0.2, 0.25) is 0 Å². The van der Waals surface area contributed by atoms with Crippen LogP contribution in [0.25, 0.3) is 10.9 Å². The molecule has 1 unspecified atom stereocenters. The van der Waals surface area contributed by atoms with Crippen molar-refractivity contribution in [1.82, 2.24) is 15.2 Å². The minimum absolute atomic E-state index is 0.0217. The summed E-state index contributed by atoms with van der Waals surface area (Å²) in [5.41, 5.74) is 7.04. The number of pyridine rings is 1. The van der Waals surface area contributed by atoms with Gasteiger partial charge in [0, 0.05) is 36.8 Å². The Hall–Kier alpha value is -5.28. The molecule has 0 radical (unpaired) electrons. The third-order valence-corrected chi connectivity index (χ3v) is 8.78. The van der Waals surface area contributed by atoms with Gasteiger partial charge in [-0.15, -0.1) is 0 Å². The minimum atomic E-state index is -0.249. The Morgan fingerprint density at radius 2 is 1.58 bits per heavy atom. The van der Waals surface area contributed by atoms with Crippen LogP contribution in [-0.4, -0.2) is 56.9 Å². The highest BCUT2D eigenvalue weighted by atomic mass is 16.5. The summed E-state index contributed by atoms with van der Waals surface area (Å²) in [7, 11) is 4.97. The number of nitrogens with one attached hydrogen (secondary N) is 2. The van der Waals surface area contributed by atoms with Crippen molar-refractivity contribution in [2.45, 2.75) is 32.4 Å². The van der Waals surface area contributed by atoms with Crippen LogP contribution in [0.1, 0.15) is 34.0 Å². The normalized spacial score (nSPS) is 14.2. The molecule has 9 nitrogen and oxygen atoms in total. The molecule has 1 aromatic heterocycles. The number of aromatic nitrogens is 1. The SMILES string of the molecule is COc1ccc(CC2c3cc(OCc4ccccc4)c(OC)cc3CCN2CCNC(=O)Nc2cc(C)nc3ccccc23)cc1OC. The molecule has 1 aliphatic heterocycles. The number of amides is 2. The molecule has 48 heavy (non-hydrogen) atoms. The second-order valence-electron chi connectivity index (χ2n) is 11.9. The van der Waals surface area contributed by atoms with E-state index in [1.54, 1.807) is 21.3 Å². The van der Waals surface area contributed by atoms with Gasteiger partial charge in [0.25, 0.3) is 0 Å². The van der Waals surface area contributed by atoms with Crippen molar-refractivity contribution in [1.29, 1.82) is 0 Å². The summed E-state index contributed by atoms with van der Waals surface area (Å²) >= 11 is 0. The van der Waals surface area contributed by atoms with Crippen LogP contribution in [0.3, 0.4) is 0 Å². The molecule has 9 heteroatoms. The van der Waals surface area contributed by atoms with Crippen molar-refractivity contribution >= 4 is 22.6 Å². The maximum Gasteiger partial charge on any atom is 0.319 e. The maximum atomic E-state index is 13.1. The predicted octanol–water partition coefficient (Wildman–Crippen LogP) is 7.11. The fourth-order valence-corrected chi connectivity index (χ4v) is 6.40. The van der Waals surface area contributed by atoms with E-state index in [2.05, 4.69) is 38.7 Å². The number of rotatable bonds is 12. The lowest BCUT2D eigenvalue weighted by molar-refractivity contribution is 0.183. The second kappa shape index (κ2) is 15.1. The van der Waals surface area contributed by atoms with Gasteiger partial charge >= 0.3 is 6.03 Å². The number of fused-ring (bicyclic) bond motifs is 2. The number of urea groups is 1. The van der Waals surface area contributed by atoms with Crippen molar-refractivity contribution in [2.75, 3.05) is 46.3 Å². The second-order valence-corrected chi connectivity index (χ2v) is 11.9. The number of aryl methyl sites for hydroxylation is 1. The molecule has 1 aliphatic rings. The number of benzene rings is 4. The van der Waals surface area contributed by atoms with Gasteiger partial charge in [-0.25, -0.2) is 4.79 Å². The molecule has 0 saturated carbocycles. The first kappa shape index (κ1) is 32.7. The lowest BCUT2D eigenvalue weighted by Crippen LogP contribution is -2.42. The van der Waals surface area contributed by atoms with Crippen molar-refractivity contribution in [3.05, 3.63) is 119 Å². The molecule has 0 spiro atoms. The Labute approximate surface area is 281 Å². The summed E-state index contributed by atoms with van der Waals surface area (Å²) in [6, 6.07) is 29.9. The van der Waals surface area contributed by atoms with Gasteiger partial charge in [0.1, 0.15) is 6.61 Å². The molecular weight excluding hydrogens is 604 g/mol. The van der Waals surface area contributed by atoms with Crippen LogP contribution < -0.4 is 29.6 Å². The highest BCUT2D eigenvalue weighted by Crippen LogP contribution is 2.40. The number of hydrogen-bond donors (Lipinski definition) is 2. The van der Waals surface area contributed by atoms with Gasteiger partial charge in [-0.05, 0) is 78.4 Å². The van der Waals surface area contributed by atoms with Gasteiger partial charge < -0.3 is 29.6 Å². The van der Waals surface area contributed by atoms with E-state index in [0.29, 0.717) is 36.9 Å². The van der Waals surface area contributed by atoms with Crippen LogP contribution in [0.5, 0.6) is 23.0 Å². The summed E-state index contributed by atoms with van der Waals surface area (Å²) in [4.78, 5) is 20.1. The standard InChI is InChI=1S/C39H42N4O5/c1-26-20-33(30-12-8-9-13-32(30)41-26)42-39(44)40-17-19-43-18-16-29-23-37(47-4)38(48-25-27-10-6-5-7-11-27)24-31(29)34(43)21-28-14-15-35(45-2)36(22-28)46-3/h5-15,20,22-24,34H,16-19,21,25H2,1-4H3,(H2,40,41,42,44). The Morgan fingerprint density at radius 1 is 0.833 bits per heavy atom. The van der Waals surface area contributed by atoms with Gasteiger partial charge in [0.15, 0.2) is 23.0 Å². The van der Waals surface area contributed by atoms with Crippen LogP contribution >= 0.6 is 0 Å². The first-order valence-electron chi connectivity index (χ1n) is 16.2.